The minimum atomic E-state index is -0.589. The highest BCUT2D eigenvalue weighted by Crippen LogP contribution is 2.20. The van der Waals surface area contributed by atoms with Gasteiger partial charge in [0.05, 0.1) is 12.8 Å². The molecule has 7 heteroatoms. The average Bonchev–Trinajstić information content (AvgIpc) is 2.99. The number of fused-ring (bicyclic) bond motifs is 1. The molecule has 118 valence electrons. The normalized spacial score (nSPS) is 10.7. The molecule has 0 fully saturated rings. The lowest BCUT2D eigenvalue weighted by Crippen LogP contribution is -2.13. The van der Waals surface area contributed by atoms with Crippen LogP contribution in [0.2, 0.25) is 0 Å². The summed E-state index contributed by atoms with van der Waals surface area (Å²) in [6.45, 7) is 1.95. The second kappa shape index (κ2) is 6.04. The molecular formula is C16H15FN4O2. The van der Waals surface area contributed by atoms with Gasteiger partial charge < -0.3 is 10.1 Å². The van der Waals surface area contributed by atoms with Crippen LogP contribution in [0.4, 0.5) is 10.1 Å². The van der Waals surface area contributed by atoms with E-state index in [1.165, 1.54) is 19.2 Å². The third kappa shape index (κ3) is 2.85. The number of nitrogens with zero attached hydrogens (tertiary/aromatic N) is 3. The number of carbonyl (C=O) groups is 1. The molecule has 2 heterocycles. The van der Waals surface area contributed by atoms with Crippen molar-refractivity contribution in [3.63, 3.8) is 0 Å². The Kier molecular flexibility index (Phi) is 3.92. The summed E-state index contributed by atoms with van der Waals surface area (Å²) < 4.78 is 20.2. The quantitative estimate of drug-likeness (QED) is 0.804. The van der Waals surface area contributed by atoms with Gasteiger partial charge in [-0.15, -0.1) is 0 Å². The highest BCUT2D eigenvalue weighted by Gasteiger charge is 2.13. The zero-order valence-corrected chi connectivity index (χ0v) is 12.7. The maximum atomic E-state index is 13.7. The van der Waals surface area contributed by atoms with Crippen molar-refractivity contribution < 1.29 is 13.9 Å². The maximum Gasteiger partial charge on any atom is 0.255 e. The fraction of sp³-hybridized carbons (Fsp3) is 0.188. The number of aromatic nitrogens is 3. The van der Waals surface area contributed by atoms with Crippen LogP contribution in [0.15, 0.2) is 36.5 Å². The smallest absolute Gasteiger partial charge is 0.255 e. The van der Waals surface area contributed by atoms with Crippen LogP contribution in [0.25, 0.3) is 5.65 Å². The number of carbonyl (C=O) groups excluding carboxylic acids is 1. The van der Waals surface area contributed by atoms with Gasteiger partial charge in [-0.25, -0.2) is 13.9 Å². The van der Waals surface area contributed by atoms with Crippen LogP contribution in [0, 0.1) is 5.82 Å². The Balaban J connectivity index is 1.91. The van der Waals surface area contributed by atoms with Gasteiger partial charge in [-0.1, -0.05) is 6.92 Å². The van der Waals surface area contributed by atoms with E-state index in [2.05, 4.69) is 15.4 Å². The lowest BCUT2D eigenvalue weighted by atomic mass is 10.2. The number of amides is 1. The monoisotopic (exact) mass is 314 g/mol. The molecular weight excluding hydrogens is 299 g/mol. The standard InChI is InChI=1S/C16H15FN4O2/c1-3-14-19-15-12(5-4-8-21(15)20-14)18-16(22)10-6-7-13(23-2)11(17)9-10/h4-9H,3H2,1-2H3,(H,18,22). The number of hydrogen-bond acceptors (Lipinski definition) is 4. The van der Waals surface area contributed by atoms with Gasteiger partial charge in [0, 0.05) is 18.2 Å². The molecule has 0 aliphatic carbocycles. The van der Waals surface area contributed by atoms with E-state index in [-0.39, 0.29) is 11.3 Å². The maximum absolute atomic E-state index is 13.7. The first-order chi connectivity index (χ1) is 11.1. The first kappa shape index (κ1) is 15.0. The third-order valence-electron chi connectivity index (χ3n) is 3.38. The summed E-state index contributed by atoms with van der Waals surface area (Å²) in [7, 11) is 1.37. The van der Waals surface area contributed by atoms with E-state index in [1.54, 1.807) is 22.8 Å². The van der Waals surface area contributed by atoms with Crippen LogP contribution >= 0.6 is 0 Å². The molecule has 2 aromatic heterocycles. The molecule has 0 atom stereocenters. The highest BCUT2D eigenvalue weighted by atomic mass is 19.1. The lowest BCUT2D eigenvalue weighted by molar-refractivity contribution is 0.102. The summed E-state index contributed by atoms with van der Waals surface area (Å²) in [6, 6.07) is 7.53. The number of rotatable bonds is 4. The number of anilines is 1. The number of benzene rings is 1. The van der Waals surface area contributed by atoms with Crippen LogP contribution in [0.1, 0.15) is 23.1 Å². The number of ether oxygens (including phenoxy) is 1. The Morgan fingerprint density at radius 1 is 1.39 bits per heavy atom. The molecule has 0 radical (unpaired) electrons. The molecule has 23 heavy (non-hydrogen) atoms. The molecule has 0 unspecified atom stereocenters. The number of pyridine rings is 1. The van der Waals surface area contributed by atoms with E-state index in [0.717, 1.165) is 6.07 Å². The van der Waals surface area contributed by atoms with Crippen molar-refractivity contribution in [3.8, 4) is 5.75 Å². The molecule has 1 amide bonds. The van der Waals surface area contributed by atoms with Gasteiger partial charge in [-0.3, -0.25) is 4.79 Å². The molecule has 0 aliphatic heterocycles. The number of halogens is 1. The predicted octanol–water partition coefficient (Wildman–Crippen LogP) is 2.69. The van der Waals surface area contributed by atoms with Gasteiger partial charge in [0.1, 0.15) is 0 Å². The zero-order valence-electron chi connectivity index (χ0n) is 12.7. The van der Waals surface area contributed by atoms with Crippen LogP contribution < -0.4 is 10.1 Å². The summed E-state index contributed by atoms with van der Waals surface area (Å²) in [6.07, 6.45) is 2.45. The van der Waals surface area contributed by atoms with Crippen molar-refractivity contribution in [1.29, 1.82) is 0 Å². The molecule has 3 aromatic rings. The highest BCUT2D eigenvalue weighted by molar-refractivity contribution is 6.06. The van der Waals surface area contributed by atoms with E-state index in [9.17, 15) is 9.18 Å². The van der Waals surface area contributed by atoms with Gasteiger partial charge in [-0.2, -0.15) is 5.10 Å². The summed E-state index contributed by atoms with van der Waals surface area (Å²) in [5.74, 6) is -0.245. The van der Waals surface area contributed by atoms with Gasteiger partial charge >= 0.3 is 0 Å². The molecule has 6 nitrogen and oxygen atoms in total. The SMILES string of the molecule is CCc1nc2c(NC(=O)c3ccc(OC)c(F)c3)cccn2n1. The molecule has 0 aliphatic rings. The van der Waals surface area contributed by atoms with Crippen molar-refractivity contribution in [2.45, 2.75) is 13.3 Å². The number of methoxy groups -OCH3 is 1. The number of hydrogen-bond donors (Lipinski definition) is 1. The Bertz CT molecular complexity index is 876. The van der Waals surface area contributed by atoms with Crippen LogP contribution in [0.3, 0.4) is 0 Å². The lowest BCUT2D eigenvalue weighted by Gasteiger charge is -2.07. The molecule has 3 rings (SSSR count). The topological polar surface area (TPSA) is 68.5 Å². The van der Waals surface area contributed by atoms with E-state index in [0.29, 0.717) is 23.6 Å². The summed E-state index contributed by atoms with van der Waals surface area (Å²) >= 11 is 0. The van der Waals surface area contributed by atoms with Crippen LogP contribution in [-0.2, 0) is 6.42 Å². The minimum Gasteiger partial charge on any atom is -0.494 e. The Morgan fingerprint density at radius 2 is 2.22 bits per heavy atom. The number of aryl methyl sites for hydroxylation is 1. The van der Waals surface area contributed by atoms with Crippen molar-refractivity contribution in [3.05, 3.63) is 53.7 Å². The van der Waals surface area contributed by atoms with E-state index >= 15 is 0 Å². The molecule has 1 aromatic carbocycles. The van der Waals surface area contributed by atoms with Crippen molar-refractivity contribution in [2.24, 2.45) is 0 Å². The molecule has 0 saturated heterocycles. The van der Waals surface area contributed by atoms with Crippen molar-refractivity contribution in [2.75, 3.05) is 12.4 Å². The van der Waals surface area contributed by atoms with Crippen molar-refractivity contribution in [1.82, 2.24) is 14.6 Å². The average molecular weight is 314 g/mol. The van der Waals surface area contributed by atoms with Gasteiger partial charge in [0.15, 0.2) is 23.0 Å². The minimum absolute atomic E-state index is 0.0914. The molecule has 0 saturated carbocycles. The first-order valence-electron chi connectivity index (χ1n) is 7.11. The fourth-order valence-corrected chi connectivity index (χ4v) is 2.20. The van der Waals surface area contributed by atoms with Gasteiger partial charge in [0.2, 0.25) is 0 Å². The zero-order chi connectivity index (χ0) is 16.4. The Labute approximate surface area is 131 Å². The largest absolute Gasteiger partial charge is 0.494 e. The Morgan fingerprint density at radius 3 is 2.91 bits per heavy atom. The van der Waals surface area contributed by atoms with E-state index in [1.807, 2.05) is 6.92 Å². The van der Waals surface area contributed by atoms with E-state index < -0.39 is 11.7 Å². The third-order valence-corrected chi connectivity index (χ3v) is 3.38. The number of nitrogens with one attached hydrogen (secondary N) is 1. The van der Waals surface area contributed by atoms with Crippen molar-refractivity contribution >= 4 is 17.2 Å². The van der Waals surface area contributed by atoms with Gasteiger partial charge in [0.25, 0.3) is 5.91 Å². The van der Waals surface area contributed by atoms with Gasteiger partial charge in [-0.05, 0) is 30.3 Å². The van der Waals surface area contributed by atoms with Crippen LogP contribution in [-0.4, -0.2) is 27.6 Å². The summed E-state index contributed by atoms with van der Waals surface area (Å²) in [5.41, 5.74) is 1.26. The molecule has 1 N–H and O–H groups in total. The second-order valence-electron chi connectivity index (χ2n) is 4.88. The van der Waals surface area contributed by atoms with E-state index in [4.69, 9.17) is 4.74 Å². The summed E-state index contributed by atoms with van der Waals surface area (Å²) in [4.78, 5) is 16.7. The first-order valence-corrected chi connectivity index (χ1v) is 7.11. The Hall–Kier alpha value is -2.96. The predicted molar refractivity (Wildman–Crippen MR) is 83.3 cm³/mol. The molecule has 0 bridgehead atoms. The fourth-order valence-electron chi connectivity index (χ4n) is 2.20. The molecule has 0 spiro atoms. The summed E-state index contributed by atoms with van der Waals surface area (Å²) in [5, 5.41) is 7.02. The van der Waals surface area contributed by atoms with Crippen LogP contribution in [0.5, 0.6) is 5.75 Å². The second-order valence-corrected chi connectivity index (χ2v) is 4.88.